The first-order chi connectivity index (χ1) is 11.3. The topological polar surface area (TPSA) is 41.6 Å². The van der Waals surface area contributed by atoms with Crippen LogP contribution in [-0.2, 0) is 11.3 Å². The first kappa shape index (κ1) is 17.2. The number of alkyl halides is 1. The lowest BCUT2D eigenvalue weighted by atomic mass is 9.91. The highest BCUT2D eigenvalue weighted by Crippen LogP contribution is 2.39. The third kappa shape index (κ3) is 3.89. The molecule has 1 aliphatic carbocycles. The molecular formula is C19H27FN2O2. The van der Waals surface area contributed by atoms with E-state index >= 15 is 0 Å². The van der Waals surface area contributed by atoms with Crippen LogP contribution in [0.15, 0.2) is 30.3 Å². The van der Waals surface area contributed by atoms with Gasteiger partial charge in [-0.15, -0.1) is 0 Å². The third-order valence-corrected chi connectivity index (χ3v) is 4.92. The molecule has 24 heavy (non-hydrogen) atoms. The molecule has 0 radical (unpaired) electrons. The largest absolute Gasteiger partial charge is 0.444 e. The summed E-state index contributed by atoms with van der Waals surface area (Å²) in [5.74, 6) is -0.102. The number of likely N-dealkylation sites (tertiary alicyclic amines) is 1. The van der Waals surface area contributed by atoms with Gasteiger partial charge in [0.1, 0.15) is 11.8 Å². The van der Waals surface area contributed by atoms with E-state index in [1.807, 2.05) is 39.0 Å². The van der Waals surface area contributed by atoms with Gasteiger partial charge < -0.3 is 10.1 Å². The van der Waals surface area contributed by atoms with Gasteiger partial charge in [-0.2, -0.15) is 0 Å². The van der Waals surface area contributed by atoms with Gasteiger partial charge >= 0.3 is 6.09 Å². The number of carbonyl (C=O) groups is 1. The molecular weight excluding hydrogens is 307 g/mol. The fourth-order valence-corrected chi connectivity index (χ4v) is 3.91. The van der Waals surface area contributed by atoms with Crippen molar-refractivity contribution in [3.63, 3.8) is 0 Å². The number of amides is 1. The van der Waals surface area contributed by atoms with Crippen molar-refractivity contribution >= 4 is 6.09 Å². The standard InChI is InChI=1S/C19H27FN2O2/c1-19(2,3)24-18(23)21-15-12-22(11-13-7-5-4-6-8-13)16-10-9-14(15)17(16)20/h4-8,14-17H,9-12H2,1-3H3,(H,21,23)/t14-,15-,16-,17-/m0/s1. The minimum atomic E-state index is -0.887. The van der Waals surface area contributed by atoms with Gasteiger partial charge in [-0.1, -0.05) is 30.3 Å². The van der Waals surface area contributed by atoms with Crippen LogP contribution in [0.1, 0.15) is 39.2 Å². The molecule has 1 aliphatic heterocycles. The molecule has 2 fully saturated rings. The Morgan fingerprint density at radius 1 is 1.29 bits per heavy atom. The number of fused-ring (bicyclic) bond motifs is 2. The van der Waals surface area contributed by atoms with E-state index < -0.39 is 17.9 Å². The van der Waals surface area contributed by atoms with Crippen molar-refractivity contribution in [2.45, 2.75) is 64.0 Å². The maximum atomic E-state index is 14.8. The van der Waals surface area contributed by atoms with Crippen LogP contribution in [0, 0.1) is 5.92 Å². The second-order valence-electron chi connectivity index (χ2n) is 7.92. The summed E-state index contributed by atoms with van der Waals surface area (Å²) in [5.41, 5.74) is 0.626. The number of rotatable bonds is 3. The number of nitrogens with one attached hydrogen (secondary N) is 1. The second kappa shape index (κ2) is 6.71. The maximum absolute atomic E-state index is 14.8. The highest BCUT2D eigenvalue weighted by atomic mass is 19.1. The number of hydrogen-bond donors (Lipinski definition) is 1. The molecule has 132 valence electrons. The molecule has 1 N–H and O–H groups in total. The van der Waals surface area contributed by atoms with E-state index in [2.05, 4.69) is 22.3 Å². The van der Waals surface area contributed by atoms with Crippen LogP contribution in [0.4, 0.5) is 9.18 Å². The van der Waals surface area contributed by atoms with E-state index in [0.717, 1.165) is 12.8 Å². The van der Waals surface area contributed by atoms with Gasteiger partial charge in [0.15, 0.2) is 0 Å². The quantitative estimate of drug-likeness (QED) is 0.920. The van der Waals surface area contributed by atoms with E-state index in [1.54, 1.807) is 0 Å². The van der Waals surface area contributed by atoms with Gasteiger partial charge in [-0.3, -0.25) is 4.90 Å². The summed E-state index contributed by atoms with van der Waals surface area (Å²) < 4.78 is 20.1. The molecule has 2 aliphatic rings. The van der Waals surface area contributed by atoms with Crippen LogP contribution < -0.4 is 5.32 Å². The Labute approximate surface area is 143 Å². The first-order valence-corrected chi connectivity index (χ1v) is 8.75. The zero-order valence-electron chi connectivity index (χ0n) is 14.7. The van der Waals surface area contributed by atoms with Crippen LogP contribution in [0.2, 0.25) is 0 Å². The van der Waals surface area contributed by atoms with Crippen molar-refractivity contribution in [2.75, 3.05) is 6.54 Å². The Bertz CT molecular complexity index is 572. The van der Waals surface area contributed by atoms with Gasteiger partial charge in [0.25, 0.3) is 0 Å². The molecule has 5 heteroatoms. The zero-order valence-corrected chi connectivity index (χ0v) is 14.7. The number of ether oxygens (including phenoxy) is 1. The Hall–Kier alpha value is -1.62. The normalized spacial score (nSPS) is 30.2. The number of hydrogen-bond acceptors (Lipinski definition) is 3. The summed E-state index contributed by atoms with van der Waals surface area (Å²) in [6, 6.07) is 9.87. The van der Waals surface area contributed by atoms with Crippen LogP contribution in [0.5, 0.6) is 0 Å². The minimum absolute atomic E-state index is 0.0353. The summed E-state index contributed by atoms with van der Waals surface area (Å²) in [6.07, 6.45) is 0.329. The minimum Gasteiger partial charge on any atom is -0.444 e. The van der Waals surface area contributed by atoms with Crippen LogP contribution in [0.3, 0.4) is 0 Å². The fraction of sp³-hybridized carbons (Fsp3) is 0.632. The summed E-state index contributed by atoms with van der Waals surface area (Å²) in [4.78, 5) is 14.3. The van der Waals surface area contributed by atoms with Crippen molar-refractivity contribution < 1.29 is 13.9 Å². The molecule has 0 spiro atoms. The average molecular weight is 334 g/mol. The van der Waals surface area contributed by atoms with Crippen LogP contribution in [-0.4, -0.2) is 41.4 Å². The summed E-state index contributed by atoms with van der Waals surface area (Å²) in [7, 11) is 0. The van der Waals surface area contributed by atoms with E-state index in [0.29, 0.717) is 13.1 Å². The SMILES string of the molecule is CC(C)(C)OC(=O)N[C@H]1CN(Cc2ccccc2)[C@H]2CC[C@@H]1[C@@H]2F. The number of halogens is 1. The van der Waals surface area contributed by atoms with Crippen LogP contribution >= 0.6 is 0 Å². The van der Waals surface area contributed by atoms with Crippen LogP contribution in [0.25, 0.3) is 0 Å². The summed E-state index contributed by atoms with van der Waals surface area (Å²) in [6.45, 7) is 6.88. The van der Waals surface area contributed by atoms with Gasteiger partial charge in [0.2, 0.25) is 0 Å². The van der Waals surface area contributed by atoms with Crippen molar-refractivity contribution in [2.24, 2.45) is 5.92 Å². The number of benzene rings is 1. The number of nitrogens with zero attached hydrogens (tertiary/aromatic N) is 1. The lowest BCUT2D eigenvalue weighted by Crippen LogP contribution is -2.58. The molecule has 0 aromatic heterocycles. The number of piperidine rings is 1. The smallest absolute Gasteiger partial charge is 0.407 e. The molecule has 4 nitrogen and oxygen atoms in total. The molecule has 1 aromatic rings. The van der Waals surface area contributed by atoms with Crippen molar-refractivity contribution in [1.82, 2.24) is 10.2 Å². The lowest BCUT2D eigenvalue weighted by molar-refractivity contribution is 0.0202. The van der Waals surface area contributed by atoms with Crippen molar-refractivity contribution in [3.05, 3.63) is 35.9 Å². The molecule has 1 aromatic carbocycles. The summed E-state index contributed by atoms with van der Waals surface area (Å²) in [5, 5.41) is 2.91. The molecule has 2 bridgehead atoms. The fourth-order valence-electron chi connectivity index (χ4n) is 3.91. The highest BCUT2D eigenvalue weighted by Gasteiger charge is 2.49. The predicted molar refractivity (Wildman–Crippen MR) is 91.4 cm³/mol. The summed E-state index contributed by atoms with van der Waals surface area (Å²) >= 11 is 0. The molecule has 4 atom stereocenters. The zero-order chi connectivity index (χ0) is 17.3. The Morgan fingerprint density at radius 2 is 2.00 bits per heavy atom. The monoisotopic (exact) mass is 334 g/mol. The third-order valence-electron chi connectivity index (χ3n) is 4.92. The molecule has 1 heterocycles. The average Bonchev–Trinajstić information content (AvgIpc) is 2.76. The molecule has 0 unspecified atom stereocenters. The van der Waals surface area contributed by atoms with Gasteiger partial charge in [0.05, 0.1) is 6.04 Å². The predicted octanol–water partition coefficient (Wildman–Crippen LogP) is 3.51. The Morgan fingerprint density at radius 3 is 2.67 bits per heavy atom. The molecule has 1 saturated carbocycles. The van der Waals surface area contributed by atoms with E-state index in [1.165, 1.54) is 5.56 Å². The van der Waals surface area contributed by atoms with Gasteiger partial charge in [-0.25, -0.2) is 9.18 Å². The van der Waals surface area contributed by atoms with E-state index in [9.17, 15) is 9.18 Å². The first-order valence-electron chi connectivity index (χ1n) is 8.75. The van der Waals surface area contributed by atoms with Crippen molar-refractivity contribution in [1.29, 1.82) is 0 Å². The lowest BCUT2D eigenvalue weighted by Gasteiger charge is -2.41. The van der Waals surface area contributed by atoms with E-state index in [4.69, 9.17) is 4.74 Å². The molecule has 3 rings (SSSR count). The van der Waals surface area contributed by atoms with Crippen molar-refractivity contribution in [3.8, 4) is 0 Å². The number of carbonyl (C=O) groups excluding carboxylic acids is 1. The van der Waals surface area contributed by atoms with E-state index in [-0.39, 0.29) is 18.0 Å². The second-order valence-corrected chi connectivity index (χ2v) is 7.92. The Kier molecular flexibility index (Phi) is 4.81. The maximum Gasteiger partial charge on any atom is 0.407 e. The molecule has 1 amide bonds. The number of alkyl carbamates (subject to hydrolysis) is 1. The Balaban J connectivity index is 1.68. The highest BCUT2D eigenvalue weighted by molar-refractivity contribution is 5.68. The van der Waals surface area contributed by atoms with Gasteiger partial charge in [0, 0.05) is 25.0 Å². The van der Waals surface area contributed by atoms with Gasteiger partial charge in [-0.05, 0) is 39.2 Å². The molecule has 1 saturated heterocycles.